The number of sulfonamides is 1. The molecule has 3 rings (SSSR count). The van der Waals surface area contributed by atoms with Gasteiger partial charge in [-0.05, 0) is 37.1 Å². The third kappa shape index (κ3) is 3.00. The molecule has 21 heavy (non-hydrogen) atoms. The number of thiophene rings is 1. The Morgan fingerprint density at radius 1 is 1.14 bits per heavy atom. The zero-order valence-corrected chi connectivity index (χ0v) is 13.5. The molecule has 116 valence electrons. The highest BCUT2D eigenvalue weighted by Crippen LogP contribution is 2.25. The van der Waals surface area contributed by atoms with Crippen molar-refractivity contribution < 1.29 is 13.2 Å². The van der Waals surface area contributed by atoms with Gasteiger partial charge in [0, 0.05) is 26.2 Å². The van der Waals surface area contributed by atoms with Crippen molar-refractivity contribution in [2.75, 3.05) is 26.2 Å². The lowest BCUT2D eigenvalue weighted by Crippen LogP contribution is -2.46. The normalized spacial score (nSPS) is 21.8. The van der Waals surface area contributed by atoms with E-state index in [4.69, 9.17) is 0 Å². The first-order valence-corrected chi connectivity index (χ1v) is 9.79. The highest BCUT2D eigenvalue weighted by molar-refractivity contribution is 7.89. The van der Waals surface area contributed by atoms with E-state index in [9.17, 15) is 13.2 Å². The molecule has 0 atom stereocenters. The minimum Gasteiger partial charge on any atom is -0.338 e. The van der Waals surface area contributed by atoms with Crippen LogP contribution in [-0.2, 0) is 10.0 Å². The molecule has 2 aliphatic heterocycles. The van der Waals surface area contributed by atoms with Gasteiger partial charge in [0.2, 0.25) is 10.0 Å². The van der Waals surface area contributed by atoms with Crippen molar-refractivity contribution in [2.24, 2.45) is 0 Å². The summed E-state index contributed by atoms with van der Waals surface area (Å²) >= 11 is 1.43. The van der Waals surface area contributed by atoms with Crippen LogP contribution in [0, 0.1) is 0 Å². The molecule has 2 aliphatic rings. The fourth-order valence-corrected chi connectivity index (χ4v) is 5.75. The van der Waals surface area contributed by atoms with Crippen LogP contribution in [0.15, 0.2) is 17.5 Å². The Bertz CT molecular complexity index is 584. The van der Waals surface area contributed by atoms with Gasteiger partial charge in [0.25, 0.3) is 5.91 Å². The molecule has 1 amide bonds. The first-order valence-electron chi connectivity index (χ1n) is 7.41. The Balaban J connectivity index is 1.61. The monoisotopic (exact) mass is 328 g/mol. The molecule has 2 fully saturated rings. The number of carbonyl (C=O) groups is 1. The van der Waals surface area contributed by atoms with Crippen LogP contribution in [0.2, 0.25) is 0 Å². The van der Waals surface area contributed by atoms with Crippen molar-refractivity contribution in [3.05, 3.63) is 22.4 Å². The van der Waals surface area contributed by atoms with Gasteiger partial charge >= 0.3 is 0 Å². The van der Waals surface area contributed by atoms with Gasteiger partial charge in [-0.2, -0.15) is 0 Å². The van der Waals surface area contributed by atoms with Crippen molar-refractivity contribution in [3.63, 3.8) is 0 Å². The number of hydrogen-bond donors (Lipinski definition) is 0. The number of likely N-dealkylation sites (tertiary alicyclic amines) is 1. The summed E-state index contributed by atoms with van der Waals surface area (Å²) in [5.74, 6) is 0.0296. The second kappa shape index (κ2) is 6.06. The summed E-state index contributed by atoms with van der Waals surface area (Å²) in [6.45, 7) is 2.40. The quantitative estimate of drug-likeness (QED) is 0.850. The first kappa shape index (κ1) is 15.0. The van der Waals surface area contributed by atoms with Gasteiger partial charge in [0.1, 0.15) is 0 Å². The number of rotatable bonds is 3. The van der Waals surface area contributed by atoms with E-state index in [2.05, 4.69) is 0 Å². The molecule has 7 heteroatoms. The minimum absolute atomic E-state index is 0.0296. The maximum atomic E-state index is 12.5. The zero-order chi connectivity index (χ0) is 14.9. The van der Waals surface area contributed by atoms with Gasteiger partial charge in [-0.25, -0.2) is 12.7 Å². The van der Waals surface area contributed by atoms with Crippen LogP contribution in [0.25, 0.3) is 0 Å². The predicted octanol–water partition coefficient (Wildman–Crippen LogP) is 1.78. The van der Waals surface area contributed by atoms with Crippen LogP contribution in [-0.4, -0.2) is 55.0 Å². The number of hydrogen-bond acceptors (Lipinski definition) is 4. The molecule has 3 heterocycles. The van der Waals surface area contributed by atoms with Gasteiger partial charge in [0.05, 0.1) is 10.1 Å². The van der Waals surface area contributed by atoms with E-state index >= 15 is 0 Å². The fourth-order valence-electron chi connectivity index (χ4n) is 3.07. The van der Waals surface area contributed by atoms with Gasteiger partial charge in [-0.3, -0.25) is 4.79 Å². The largest absolute Gasteiger partial charge is 0.338 e. The van der Waals surface area contributed by atoms with Gasteiger partial charge < -0.3 is 4.90 Å². The summed E-state index contributed by atoms with van der Waals surface area (Å²) in [5.41, 5.74) is 0. The summed E-state index contributed by atoms with van der Waals surface area (Å²) in [5, 5.41) is 1.57. The smallest absolute Gasteiger partial charge is 0.263 e. The molecule has 0 spiro atoms. The van der Waals surface area contributed by atoms with E-state index in [1.807, 2.05) is 17.5 Å². The Morgan fingerprint density at radius 3 is 2.38 bits per heavy atom. The van der Waals surface area contributed by atoms with E-state index in [-0.39, 0.29) is 11.2 Å². The maximum Gasteiger partial charge on any atom is 0.263 e. The molecular weight excluding hydrogens is 308 g/mol. The van der Waals surface area contributed by atoms with Crippen molar-refractivity contribution in [2.45, 2.75) is 30.9 Å². The number of carbonyl (C=O) groups excluding carboxylic acids is 1. The second-order valence-corrected chi connectivity index (χ2v) is 8.78. The topological polar surface area (TPSA) is 57.7 Å². The molecule has 5 nitrogen and oxygen atoms in total. The first-order chi connectivity index (χ1) is 10.1. The SMILES string of the molecule is O=C(c1cccs1)N1CCC(S(=O)(=O)N2CCCC2)CC1. The molecule has 0 bridgehead atoms. The summed E-state index contributed by atoms with van der Waals surface area (Å²) < 4.78 is 26.7. The van der Waals surface area contributed by atoms with E-state index < -0.39 is 10.0 Å². The second-order valence-electron chi connectivity index (χ2n) is 5.62. The maximum absolute atomic E-state index is 12.5. The van der Waals surface area contributed by atoms with E-state index in [1.165, 1.54) is 11.3 Å². The van der Waals surface area contributed by atoms with Crippen molar-refractivity contribution >= 4 is 27.3 Å². The van der Waals surface area contributed by atoms with Gasteiger partial charge in [-0.1, -0.05) is 6.07 Å². The lowest BCUT2D eigenvalue weighted by atomic mass is 10.1. The Kier molecular flexibility index (Phi) is 4.33. The molecule has 0 aliphatic carbocycles. The highest BCUT2D eigenvalue weighted by atomic mass is 32.2. The molecular formula is C14H20N2O3S2. The van der Waals surface area contributed by atoms with E-state index in [0.717, 1.165) is 17.7 Å². The average molecular weight is 328 g/mol. The molecule has 0 unspecified atom stereocenters. The van der Waals surface area contributed by atoms with Crippen LogP contribution >= 0.6 is 11.3 Å². The molecule has 2 saturated heterocycles. The minimum atomic E-state index is -3.17. The molecule has 0 aromatic carbocycles. The van der Waals surface area contributed by atoms with Crippen molar-refractivity contribution in [3.8, 4) is 0 Å². The Labute approximate surface area is 129 Å². The number of nitrogens with zero attached hydrogens (tertiary/aromatic N) is 2. The Morgan fingerprint density at radius 2 is 1.81 bits per heavy atom. The molecule has 0 radical (unpaired) electrons. The summed E-state index contributed by atoms with van der Waals surface area (Å²) in [4.78, 5) is 14.8. The van der Waals surface area contributed by atoms with E-state index in [0.29, 0.717) is 39.0 Å². The molecule has 1 aromatic rings. The molecule has 0 saturated carbocycles. The third-order valence-electron chi connectivity index (χ3n) is 4.31. The van der Waals surface area contributed by atoms with Crippen molar-refractivity contribution in [1.82, 2.24) is 9.21 Å². The van der Waals surface area contributed by atoms with Crippen LogP contribution < -0.4 is 0 Å². The van der Waals surface area contributed by atoms with Gasteiger partial charge in [-0.15, -0.1) is 11.3 Å². The van der Waals surface area contributed by atoms with E-state index in [1.54, 1.807) is 9.21 Å². The van der Waals surface area contributed by atoms with Crippen LogP contribution in [0.4, 0.5) is 0 Å². The van der Waals surface area contributed by atoms with Crippen LogP contribution in [0.1, 0.15) is 35.4 Å². The lowest BCUT2D eigenvalue weighted by Gasteiger charge is -2.33. The summed E-state index contributed by atoms with van der Waals surface area (Å²) in [7, 11) is -3.17. The predicted molar refractivity (Wildman–Crippen MR) is 83.0 cm³/mol. The molecule has 1 aromatic heterocycles. The number of amides is 1. The van der Waals surface area contributed by atoms with Gasteiger partial charge in [0.15, 0.2) is 0 Å². The van der Waals surface area contributed by atoms with Crippen molar-refractivity contribution in [1.29, 1.82) is 0 Å². The Hall–Kier alpha value is -0.920. The summed E-state index contributed by atoms with van der Waals surface area (Å²) in [6, 6.07) is 3.68. The lowest BCUT2D eigenvalue weighted by molar-refractivity contribution is 0.0729. The zero-order valence-electron chi connectivity index (χ0n) is 11.9. The highest BCUT2D eigenvalue weighted by Gasteiger charge is 2.36. The summed E-state index contributed by atoms with van der Waals surface area (Å²) in [6.07, 6.45) is 3.04. The average Bonchev–Trinajstić information content (AvgIpc) is 3.19. The molecule has 0 N–H and O–H groups in total. The standard InChI is InChI=1S/C14H20N2O3S2/c17-14(13-4-3-11-20-13)15-9-5-12(6-10-15)21(18,19)16-7-1-2-8-16/h3-4,11-12H,1-2,5-10H2. The fraction of sp³-hybridized carbons (Fsp3) is 0.643. The third-order valence-corrected chi connectivity index (χ3v) is 7.56. The van der Waals surface area contributed by atoms with Crippen LogP contribution in [0.5, 0.6) is 0 Å². The number of piperidine rings is 1. The van der Waals surface area contributed by atoms with Crippen LogP contribution in [0.3, 0.4) is 0 Å².